The number of aromatic nitrogens is 2. The Morgan fingerprint density at radius 3 is 2.93 bits per heavy atom. The van der Waals surface area contributed by atoms with Gasteiger partial charge in [-0.1, -0.05) is 6.92 Å². The molecule has 0 bridgehead atoms. The Morgan fingerprint density at radius 2 is 2.40 bits per heavy atom. The molecule has 1 unspecified atom stereocenters. The fourth-order valence-electron chi connectivity index (χ4n) is 2.13. The van der Waals surface area contributed by atoms with E-state index in [1.54, 1.807) is 0 Å². The van der Waals surface area contributed by atoms with E-state index in [0.29, 0.717) is 0 Å². The largest absolute Gasteiger partial charge is 0.313 e. The second kappa shape index (κ2) is 4.79. The Kier molecular flexibility index (Phi) is 3.41. The molecule has 1 saturated carbocycles. The smallest absolute Gasteiger partial charge is 0.0637 e. The van der Waals surface area contributed by atoms with Crippen molar-refractivity contribution in [1.29, 1.82) is 0 Å². The highest BCUT2D eigenvalue weighted by molar-refractivity contribution is 4.99. The van der Waals surface area contributed by atoms with Crippen LogP contribution in [-0.2, 0) is 13.5 Å². The first-order chi connectivity index (χ1) is 7.29. The normalized spacial score (nSPS) is 18.0. The summed E-state index contributed by atoms with van der Waals surface area (Å²) in [5, 5.41) is 8.01. The number of aryl methyl sites for hydroxylation is 1. The number of hydrogen-bond acceptors (Lipinski definition) is 2. The van der Waals surface area contributed by atoms with E-state index in [-0.39, 0.29) is 0 Å². The summed E-state index contributed by atoms with van der Waals surface area (Å²) in [6.45, 7) is 3.34. The van der Waals surface area contributed by atoms with Gasteiger partial charge in [0.25, 0.3) is 0 Å². The van der Waals surface area contributed by atoms with Crippen LogP contribution in [-0.4, -0.2) is 22.4 Å². The van der Waals surface area contributed by atoms with Gasteiger partial charge in [-0.05, 0) is 31.2 Å². The van der Waals surface area contributed by atoms with E-state index in [2.05, 4.69) is 23.4 Å². The summed E-state index contributed by atoms with van der Waals surface area (Å²) >= 11 is 0. The van der Waals surface area contributed by atoms with Gasteiger partial charge in [-0.25, -0.2) is 0 Å². The van der Waals surface area contributed by atoms with E-state index in [1.165, 1.54) is 25.0 Å². The average molecular weight is 207 g/mol. The third kappa shape index (κ3) is 3.06. The molecule has 3 nitrogen and oxygen atoms in total. The Labute approximate surface area is 91.9 Å². The fraction of sp³-hybridized carbons (Fsp3) is 0.750. The molecular formula is C12H21N3. The minimum absolute atomic E-state index is 0.744. The third-order valence-corrected chi connectivity index (χ3v) is 3.19. The molecular weight excluding hydrogens is 186 g/mol. The average Bonchev–Trinajstić information content (AvgIpc) is 2.98. The van der Waals surface area contributed by atoms with Crippen LogP contribution < -0.4 is 5.32 Å². The van der Waals surface area contributed by atoms with Crippen LogP contribution in [0.25, 0.3) is 0 Å². The highest BCUT2D eigenvalue weighted by Gasteiger charge is 2.29. The maximum atomic E-state index is 4.37. The molecule has 0 saturated heterocycles. The van der Waals surface area contributed by atoms with Crippen molar-refractivity contribution in [2.24, 2.45) is 13.0 Å². The van der Waals surface area contributed by atoms with Crippen LogP contribution in [0.5, 0.6) is 0 Å². The summed E-state index contributed by atoms with van der Waals surface area (Å²) in [6, 6.07) is 2.84. The summed E-state index contributed by atoms with van der Waals surface area (Å²) in [5.41, 5.74) is 1.19. The first-order valence-corrected chi connectivity index (χ1v) is 6.01. The summed E-state index contributed by atoms with van der Waals surface area (Å²) in [5.74, 6) is 0.957. The first kappa shape index (κ1) is 10.7. The van der Waals surface area contributed by atoms with Crippen LogP contribution in [0.2, 0.25) is 0 Å². The predicted molar refractivity (Wildman–Crippen MR) is 61.7 cm³/mol. The molecule has 1 N–H and O–H groups in total. The van der Waals surface area contributed by atoms with Crippen LogP contribution in [0.4, 0.5) is 0 Å². The second-order valence-electron chi connectivity index (χ2n) is 4.54. The van der Waals surface area contributed by atoms with Gasteiger partial charge in [-0.2, -0.15) is 5.10 Å². The number of nitrogens with zero attached hydrogens (tertiary/aromatic N) is 2. The number of nitrogens with one attached hydrogen (secondary N) is 1. The van der Waals surface area contributed by atoms with Gasteiger partial charge >= 0.3 is 0 Å². The Balaban J connectivity index is 1.69. The van der Waals surface area contributed by atoms with Crippen LogP contribution in [0.3, 0.4) is 0 Å². The van der Waals surface area contributed by atoms with Gasteiger partial charge in [-0.3, -0.25) is 4.68 Å². The van der Waals surface area contributed by atoms with Gasteiger partial charge in [0.15, 0.2) is 0 Å². The van der Waals surface area contributed by atoms with Gasteiger partial charge in [-0.15, -0.1) is 0 Å². The molecule has 0 aliphatic heterocycles. The topological polar surface area (TPSA) is 29.9 Å². The lowest BCUT2D eigenvalue weighted by Crippen LogP contribution is -2.32. The number of hydrogen-bond donors (Lipinski definition) is 1. The van der Waals surface area contributed by atoms with E-state index in [4.69, 9.17) is 0 Å². The first-order valence-electron chi connectivity index (χ1n) is 6.01. The van der Waals surface area contributed by atoms with Gasteiger partial charge < -0.3 is 5.32 Å². The molecule has 1 aromatic heterocycles. The summed E-state index contributed by atoms with van der Waals surface area (Å²) < 4.78 is 1.87. The Morgan fingerprint density at radius 1 is 1.60 bits per heavy atom. The van der Waals surface area contributed by atoms with E-state index >= 15 is 0 Å². The van der Waals surface area contributed by atoms with Crippen molar-refractivity contribution in [1.82, 2.24) is 15.1 Å². The molecule has 2 rings (SSSR count). The molecule has 84 valence electrons. The van der Waals surface area contributed by atoms with Crippen molar-refractivity contribution in [3.63, 3.8) is 0 Å². The molecule has 1 aliphatic carbocycles. The zero-order valence-electron chi connectivity index (χ0n) is 9.74. The van der Waals surface area contributed by atoms with E-state index < -0.39 is 0 Å². The maximum absolute atomic E-state index is 4.37. The quantitative estimate of drug-likeness (QED) is 0.770. The minimum atomic E-state index is 0.744. The van der Waals surface area contributed by atoms with Crippen LogP contribution in [0, 0.1) is 5.92 Å². The van der Waals surface area contributed by atoms with Crippen molar-refractivity contribution in [2.75, 3.05) is 6.54 Å². The molecule has 1 aromatic rings. The SMILES string of the molecule is CCC(NCCc1ccn(C)n1)C1CC1. The highest BCUT2D eigenvalue weighted by Crippen LogP contribution is 2.33. The number of rotatable bonds is 6. The monoisotopic (exact) mass is 207 g/mol. The third-order valence-electron chi connectivity index (χ3n) is 3.19. The van der Waals surface area contributed by atoms with E-state index in [9.17, 15) is 0 Å². The summed E-state index contributed by atoms with van der Waals surface area (Å²) in [6.07, 6.45) is 7.16. The molecule has 1 heterocycles. The lowest BCUT2D eigenvalue weighted by atomic mass is 10.1. The van der Waals surface area contributed by atoms with Crippen molar-refractivity contribution >= 4 is 0 Å². The van der Waals surface area contributed by atoms with Crippen molar-refractivity contribution in [3.8, 4) is 0 Å². The van der Waals surface area contributed by atoms with Gasteiger partial charge in [0, 0.05) is 32.3 Å². The molecule has 15 heavy (non-hydrogen) atoms. The fourth-order valence-corrected chi connectivity index (χ4v) is 2.13. The van der Waals surface area contributed by atoms with Gasteiger partial charge in [0.05, 0.1) is 5.69 Å². The maximum Gasteiger partial charge on any atom is 0.0637 e. The molecule has 0 spiro atoms. The van der Waals surface area contributed by atoms with Crippen molar-refractivity contribution in [3.05, 3.63) is 18.0 Å². The molecule has 0 amide bonds. The predicted octanol–water partition coefficient (Wildman–Crippen LogP) is 1.74. The Bertz CT molecular complexity index is 302. The summed E-state index contributed by atoms with van der Waals surface area (Å²) in [7, 11) is 1.97. The second-order valence-corrected chi connectivity index (χ2v) is 4.54. The minimum Gasteiger partial charge on any atom is -0.313 e. The van der Waals surface area contributed by atoms with Gasteiger partial charge in [0.2, 0.25) is 0 Å². The lowest BCUT2D eigenvalue weighted by molar-refractivity contribution is 0.452. The standard InChI is InChI=1S/C12H21N3/c1-3-12(10-4-5-10)13-8-6-11-7-9-15(2)14-11/h7,9-10,12-13H,3-6,8H2,1-2H3. The van der Waals surface area contributed by atoms with Crippen molar-refractivity contribution < 1.29 is 0 Å². The lowest BCUT2D eigenvalue weighted by Gasteiger charge is -2.15. The van der Waals surface area contributed by atoms with E-state index in [0.717, 1.165) is 24.9 Å². The van der Waals surface area contributed by atoms with Crippen LogP contribution in [0.1, 0.15) is 31.9 Å². The van der Waals surface area contributed by atoms with E-state index in [1.807, 2.05) is 17.9 Å². The molecule has 1 atom stereocenters. The van der Waals surface area contributed by atoms with Crippen molar-refractivity contribution in [2.45, 2.75) is 38.6 Å². The molecule has 0 aromatic carbocycles. The zero-order valence-corrected chi connectivity index (χ0v) is 9.74. The van der Waals surface area contributed by atoms with Crippen LogP contribution >= 0.6 is 0 Å². The molecule has 3 heteroatoms. The zero-order chi connectivity index (χ0) is 10.7. The highest BCUT2D eigenvalue weighted by atomic mass is 15.2. The van der Waals surface area contributed by atoms with Gasteiger partial charge in [0.1, 0.15) is 0 Å². The molecule has 0 radical (unpaired) electrons. The van der Waals surface area contributed by atoms with Crippen LogP contribution in [0.15, 0.2) is 12.3 Å². The summed E-state index contributed by atoms with van der Waals surface area (Å²) in [4.78, 5) is 0. The molecule has 1 fully saturated rings. The Hall–Kier alpha value is -0.830. The molecule has 1 aliphatic rings.